The maximum atomic E-state index is 13.4. The first-order chi connectivity index (χ1) is 7.68. The van der Waals surface area contributed by atoms with Crippen molar-refractivity contribution >= 4 is 15.9 Å². The second-order valence-corrected chi connectivity index (χ2v) is 4.12. The Labute approximate surface area is 99.7 Å². The minimum absolute atomic E-state index is 0.179. The van der Waals surface area contributed by atoms with E-state index in [1.54, 1.807) is 18.2 Å². The van der Waals surface area contributed by atoms with Crippen LogP contribution in [0.25, 0.3) is 0 Å². The van der Waals surface area contributed by atoms with E-state index >= 15 is 0 Å². The van der Waals surface area contributed by atoms with E-state index in [4.69, 9.17) is 0 Å². The molecule has 0 amide bonds. The van der Waals surface area contributed by atoms with Gasteiger partial charge in [-0.05, 0) is 22.0 Å². The van der Waals surface area contributed by atoms with Crippen LogP contribution in [-0.4, -0.2) is 9.55 Å². The summed E-state index contributed by atoms with van der Waals surface area (Å²) in [5.74, 6) is -0.325. The fraction of sp³-hybridized carbons (Fsp3) is 0.0909. The first kappa shape index (κ1) is 11.0. The van der Waals surface area contributed by atoms with Crippen LogP contribution in [0.5, 0.6) is 0 Å². The second kappa shape index (κ2) is 4.57. The van der Waals surface area contributed by atoms with Gasteiger partial charge in [0.2, 0.25) is 0 Å². The van der Waals surface area contributed by atoms with Gasteiger partial charge < -0.3 is 0 Å². The van der Waals surface area contributed by atoms with Gasteiger partial charge in [0.15, 0.2) is 0 Å². The van der Waals surface area contributed by atoms with Crippen molar-refractivity contribution in [1.29, 1.82) is 0 Å². The molecule has 0 aliphatic heterocycles. The molecule has 0 saturated carbocycles. The van der Waals surface area contributed by atoms with E-state index in [0.717, 1.165) is 0 Å². The van der Waals surface area contributed by atoms with Gasteiger partial charge in [0, 0.05) is 11.8 Å². The zero-order valence-electron chi connectivity index (χ0n) is 8.23. The molecule has 0 bridgehead atoms. The maximum Gasteiger partial charge on any atom is 0.267 e. The van der Waals surface area contributed by atoms with E-state index in [9.17, 15) is 9.18 Å². The lowest BCUT2D eigenvalue weighted by Crippen LogP contribution is -2.21. The highest BCUT2D eigenvalue weighted by Gasteiger charge is 2.05. The molecule has 82 valence electrons. The SMILES string of the molecule is O=c1c(Br)cncn1Cc1ccccc1F. The van der Waals surface area contributed by atoms with Crippen molar-refractivity contribution in [3.8, 4) is 0 Å². The third-order valence-electron chi connectivity index (χ3n) is 2.16. The summed E-state index contributed by atoms with van der Waals surface area (Å²) in [7, 11) is 0. The molecule has 0 unspecified atom stereocenters. The van der Waals surface area contributed by atoms with Crippen LogP contribution in [0.1, 0.15) is 5.56 Å². The van der Waals surface area contributed by atoms with Crippen molar-refractivity contribution in [3.63, 3.8) is 0 Å². The monoisotopic (exact) mass is 282 g/mol. The van der Waals surface area contributed by atoms with Gasteiger partial charge in [0.05, 0.1) is 12.9 Å². The van der Waals surface area contributed by atoms with Crippen LogP contribution in [0, 0.1) is 5.82 Å². The summed E-state index contributed by atoms with van der Waals surface area (Å²) >= 11 is 3.09. The molecule has 16 heavy (non-hydrogen) atoms. The van der Waals surface area contributed by atoms with Crippen LogP contribution in [0.2, 0.25) is 0 Å². The summed E-state index contributed by atoms with van der Waals surface area (Å²) in [4.78, 5) is 15.5. The summed E-state index contributed by atoms with van der Waals surface area (Å²) in [6, 6.07) is 6.35. The van der Waals surface area contributed by atoms with Crippen LogP contribution in [0.15, 0.2) is 46.1 Å². The first-order valence-corrected chi connectivity index (χ1v) is 5.41. The molecule has 0 atom stereocenters. The predicted molar refractivity (Wildman–Crippen MR) is 61.7 cm³/mol. The van der Waals surface area contributed by atoms with Gasteiger partial charge in [-0.1, -0.05) is 18.2 Å². The van der Waals surface area contributed by atoms with Crippen molar-refractivity contribution < 1.29 is 4.39 Å². The van der Waals surface area contributed by atoms with Crippen molar-refractivity contribution in [1.82, 2.24) is 9.55 Å². The molecule has 0 N–H and O–H groups in total. The molecule has 1 aromatic carbocycles. The summed E-state index contributed by atoms with van der Waals surface area (Å²) in [6.45, 7) is 0.179. The maximum absolute atomic E-state index is 13.4. The average Bonchev–Trinajstić information content (AvgIpc) is 2.28. The van der Waals surface area contributed by atoms with E-state index in [-0.39, 0.29) is 17.9 Å². The van der Waals surface area contributed by atoms with Crippen molar-refractivity contribution in [2.24, 2.45) is 0 Å². The van der Waals surface area contributed by atoms with Gasteiger partial charge in [-0.2, -0.15) is 0 Å². The van der Waals surface area contributed by atoms with E-state index in [1.807, 2.05) is 0 Å². The number of halogens is 2. The lowest BCUT2D eigenvalue weighted by Gasteiger charge is -2.06. The molecular weight excluding hydrogens is 275 g/mol. The third kappa shape index (κ3) is 2.19. The van der Waals surface area contributed by atoms with E-state index in [2.05, 4.69) is 20.9 Å². The highest BCUT2D eigenvalue weighted by atomic mass is 79.9. The topological polar surface area (TPSA) is 34.9 Å². The van der Waals surface area contributed by atoms with Crippen LogP contribution >= 0.6 is 15.9 Å². The quantitative estimate of drug-likeness (QED) is 0.846. The highest BCUT2D eigenvalue weighted by Crippen LogP contribution is 2.07. The van der Waals surface area contributed by atoms with E-state index < -0.39 is 0 Å². The van der Waals surface area contributed by atoms with Gasteiger partial charge in [-0.3, -0.25) is 9.36 Å². The molecular formula is C11H8BrFN2O. The molecule has 1 heterocycles. The van der Waals surface area contributed by atoms with Crippen LogP contribution in [0.3, 0.4) is 0 Å². The van der Waals surface area contributed by atoms with Gasteiger partial charge >= 0.3 is 0 Å². The Bertz CT molecular complexity index is 568. The lowest BCUT2D eigenvalue weighted by atomic mass is 10.2. The molecule has 5 heteroatoms. The Hall–Kier alpha value is -1.49. The normalized spacial score (nSPS) is 10.4. The summed E-state index contributed by atoms with van der Waals surface area (Å²) in [5, 5.41) is 0. The van der Waals surface area contributed by atoms with Crippen molar-refractivity contribution in [2.45, 2.75) is 6.54 Å². The Morgan fingerprint density at radius 1 is 1.38 bits per heavy atom. The summed E-state index contributed by atoms with van der Waals surface area (Å²) < 4.78 is 15.1. The van der Waals surface area contributed by atoms with Crippen LogP contribution in [-0.2, 0) is 6.54 Å². The van der Waals surface area contributed by atoms with E-state index in [0.29, 0.717) is 10.0 Å². The zero-order chi connectivity index (χ0) is 11.5. The molecule has 3 nitrogen and oxygen atoms in total. The second-order valence-electron chi connectivity index (χ2n) is 3.27. The fourth-order valence-electron chi connectivity index (χ4n) is 1.35. The number of benzene rings is 1. The number of aromatic nitrogens is 2. The van der Waals surface area contributed by atoms with Crippen LogP contribution in [0.4, 0.5) is 4.39 Å². The lowest BCUT2D eigenvalue weighted by molar-refractivity contribution is 0.593. The third-order valence-corrected chi connectivity index (χ3v) is 2.70. The number of nitrogens with zero attached hydrogens (tertiary/aromatic N) is 2. The van der Waals surface area contributed by atoms with Crippen molar-refractivity contribution in [3.05, 3.63) is 63.0 Å². The zero-order valence-corrected chi connectivity index (χ0v) is 9.82. The van der Waals surface area contributed by atoms with Gasteiger partial charge in [0.1, 0.15) is 10.3 Å². The number of hydrogen-bond acceptors (Lipinski definition) is 2. The molecule has 0 fully saturated rings. The minimum atomic E-state index is -0.325. The standard InChI is InChI=1S/C11H8BrFN2O/c12-9-5-14-7-15(11(9)16)6-8-3-1-2-4-10(8)13/h1-5,7H,6H2. The predicted octanol–water partition coefficient (Wildman–Crippen LogP) is 2.19. The largest absolute Gasteiger partial charge is 0.294 e. The Balaban J connectivity index is 2.39. The van der Waals surface area contributed by atoms with Gasteiger partial charge in [-0.15, -0.1) is 0 Å². The number of rotatable bonds is 2. The highest BCUT2D eigenvalue weighted by molar-refractivity contribution is 9.10. The summed E-state index contributed by atoms with van der Waals surface area (Å²) in [6.07, 6.45) is 2.81. The Morgan fingerprint density at radius 3 is 2.88 bits per heavy atom. The molecule has 1 aromatic heterocycles. The molecule has 0 aliphatic carbocycles. The molecule has 2 rings (SSSR count). The van der Waals surface area contributed by atoms with Crippen LogP contribution < -0.4 is 5.56 Å². The molecule has 0 saturated heterocycles. The van der Waals surface area contributed by atoms with Gasteiger partial charge in [-0.25, -0.2) is 9.37 Å². The molecule has 0 radical (unpaired) electrons. The van der Waals surface area contributed by atoms with Gasteiger partial charge in [0.25, 0.3) is 5.56 Å². The smallest absolute Gasteiger partial charge is 0.267 e. The minimum Gasteiger partial charge on any atom is -0.294 e. The number of hydrogen-bond donors (Lipinski definition) is 0. The Morgan fingerprint density at radius 2 is 2.12 bits per heavy atom. The molecule has 0 aliphatic rings. The first-order valence-electron chi connectivity index (χ1n) is 4.62. The molecule has 0 spiro atoms. The average molecular weight is 283 g/mol. The molecule has 2 aromatic rings. The van der Waals surface area contributed by atoms with Crippen molar-refractivity contribution in [2.75, 3.05) is 0 Å². The Kier molecular flexibility index (Phi) is 3.14. The summed E-state index contributed by atoms with van der Waals surface area (Å²) in [5.41, 5.74) is 0.239. The fourth-order valence-corrected chi connectivity index (χ4v) is 1.69. The van der Waals surface area contributed by atoms with E-state index in [1.165, 1.54) is 23.2 Å².